The Morgan fingerprint density at radius 1 is 1.44 bits per heavy atom. The molecule has 0 saturated carbocycles. The Morgan fingerprint density at radius 3 is 3.06 bits per heavy atom. The van der Waals surface area contributed by atoms with Crippen LogP contribution < -0.4 is 5.32 Å². The summed E-state index contributed by atoms with van der Waals surface area (Å²) in [6, 6.07) is 5.62. The van der Waals surface area contributed by atoms with Crippen LogP contribution in [0.5, 0.6) is 0 Å². The van der Waals surface area contributed by atoms with E-state index < -0.39 is 0 Å². The number of carbonyl (C=O) groups is 1. The topological polar surface area (TPSA) is 59.3 Å². The van der Waals surface area contributed by atoms with E-state index in [0.717, 1.165) is 24.9 Å². The Hall–Kier alpha value is -1.91. The van der Waals surface area contributed by atoms with Crippen LogP contribution in [0.2, 0.25) is 0 Å². The summed E-state index contributed by atoms with van der Waals surface area (Å²) in [6.45, 7) is 4.06. The highest BCUT2D eigenvalue weighted by Gasteiger charge is 2.15. The third-order valence-corrected chi connectivity index (χ3v) is 2.99. The first-order chi connectivity index (χ1) is 8.72. The van der Waals surface area contributed by atoms with Gasteiger partial charge in [-0.3, -0.25) is 14.5 Å². The lowest BCUT2D eigenvalue weighted by atomic mass is 10.0. The van der Waals surface area contributed by atoms with Gasteiger partial charge in [0.2, 0.25) is 11.9 Å². The number of amides is 1. The van der Waals surface area contributed by atoms with E-state index >= 15 is 0 Å². The molecule has 0 radical (unpaired) electrons. The van der Waals surface area contributed by atoms with Crippen LogP contribution in [0.4, 0.5) is 5.95 Å². The van der Waals surface area contributed by atoms with Crippen molar-refractivity contribution in [3.63, 3.8) is 0 Å². The maximum absolute atomic E-state index is 12.0. The monoisotopic (exact) mass is 246 g/mol. The lowest BCUT2D eigenvalue weighted by Crippen LogP contribution is -2.21. The molecule has 0 aromatic carbocycles. The van der Waals surface area contributed by atoms with Crippen LogP contribution >= 0.6 is 0 Å². The van der Waals surface area contributed by atoms with Gasteiger partial charge in [-0.15, -0.1) is 10.2 Å². The second-order valence-electron chi connectivity index (χ2n) is 4.48. The van der Waals surface area contributed by atoms with E-state index in [0.29, 0.717) is 5.95 Å². The number of rotatable bonds is 5. The van der Waals surface area contributed by atoms with E-state index in [1.54, 1.807) is 4.40 Å². The molecule has 0 aliphatic heterocycles. The molecule has 2 heterocycles. The molecule has 0 saturated heterocycles. The highest BCUT2D eigenvalue weighted by molar-refractivity contribution is 5.90. The quantitative estimate of drug-likeness (QED) is 0.881. The molecule has 18 heavy (non-hydrogen) atoms. The number of carbonyl (C=O) groups excluding carboxylic acids is 1. The molecule has 5 heteroatoms. The first-order valence-corrected chi connectivity index (χ1v) is 6.33. The largest absolute Gasteiger partial charge is 0.294 e. The van der Waals surface area contributed by atoms with Crippen molar-refractivity contribution in [1.82, 2.24) is 14.6 Å². The molecule has 2 rings (SSSR count). The number of hydrogen-bond donors (Lipinski definition) is 1. The summed E-state index contributed by atoms with van der Waals surface area (Å²) in [5.74, 6) is 0.488. The number of nitrogens with zero attached hydrogens (tertiary/aromatic N) is 3. The first-order valence-electron chi connectivity index (χ1n) is 6.33. The third-order valence-electron chi connectivity index (χ3n) is 2.99. The number of unbranched alkanes of at least 4 members (excludes halogenated alkanes) is 1. The second-order valence-corrected chi connectivity index (χ2v) is 4.48. The smallest absolute Gasteiger partial charge is 0.235 e. The molecule has 96 valence electrons. The van der Waals surface area contributed by atoms with Gasteiger partial charge in [-0.1, -0.05) is 32.8 Å². The molecule has 0 aliphatic carbocycles. The average Bonchev–Trinajstić information content (AvgIpc) is 2.79. The summed E-state index contributed by atoms with van der Waals surface area (Å²) in [6.07, 6.45) is 4.90. The second kappa shape index (κ2) is 5.62. The zero-order chi connectivity index (χ0) is 13.0. The summed E-state index contributed by atoms with van der Waals surface area (Å²) in [5, 5.41) is 10.8. The molecule has 0 bridgehead atoms. The summed E-state index contributed by atoms with van der Waals surface area (Å²) < 4.78 is 1.77. The minimum Gasteiger partial charge on any atom is -0.294 e. The van der Waals surface area contributed by atoms with E-state index in [4.69, 9.17) is 0 Å². The summed E-state index contributed by atoms with van der Waals surface area (Å²) in [4.78, 5) is 12.0. The summed E-state index contributed by atoms with van der Waals surface area (Å²) in [7, 11) is 0. The van der Waals surface area contributed by atoms with Crippen molar-refractivity contribution in [1.29, 1.82) is 0 Å². The Kier molecular flexibility index (Phi) is 3.92. The van der Waals surface area contributed by atoms with Crippen LogP contribution in [0.1, 0.15) is 33.1 Å². The predicted molar refractivity (Wildman–Crippen MR) is 70.3 cm³/mol. The van der Waals surface area contributed by atoms with E-state index in [2.05, 4.69) is 22.4 Å². The normalized spacial score (nSPS) is 12.6. The highest BCUT2D eigenvalue weighted by atomic mass is 16.2. The minimum atomic E-state index is 0.000937. The number of fused-ring (bicyclic) bond motifs is 1. The van der Waals surface area contributed by atoms with Crippen molar-refractivity contribution in [2.24, 2.45) is 5.92 Å². The van der Waals surface area contributed by atoms with Gasteiger partial charge >= 0.3 is 0 Å². The maximum atomic E-state index is 12.0. The SMILES string of the molecule is CCCCC(C)C(=O)Nc1nnc2ccccn12. The lowest BCUT2D eigenvalue weighted by Gasteiger charge is -2.10. The maximum Gasteiger partial charge on any atom is 0.235 e. The van der Waals surface area contributed by atoms with Gasteiger partial charge in [-0.25, -0.2) is 0 Å². The Morgan fingerprint density at radius 2 is 2.28 bits per heavy atom. The third kappa shape index (κ3) is 2.67. The molecule has 5 nitrogen and oxygen atoms in total. The van der Waals surface area contributed by atoms with E-state index in [-0.39, 0.29) is 11.8 Å². The number of pyridine rings is 1. The number of anilines is 1. The molecule has 1 N–H and O–H groups in total. The van der Waals surface area contributed by atoms with Gasteiger partial charge in [0, 0.05) is 12.1 Å². The fraction of sp³-hybridized carbons (Fsp3) is 0.462. The Labute approximate surface area is 106 Å². The Bertz CT molecular complexity index is 535. The van der Waals surface area contributed by atoms with Crippen LogP contribution in [-0.4, -0.2) is 20.5 Å². The molecule has 0 spiro atoms. The summed E-state index contributed by atoms with van der Waals surface area (Å²) >= 11 is 0. The number of aromatic nitrogens is 3. The zero-order valence-electron chi connectivity index (χ0n) is 10.8. The van der Waals surface area contributed by atoms with Crippen molar-refractivity contribution in [2.75, 3.05) is 5.32 Å². The standard InChI is InChI=1S/C13H18N4O/c1-3-4-7-10(2)12(18)14-13-16-15-11-8-5-6-9-17(11)13/h5-6,8-10H,3-4,7H2,1-2H3,(H,14,16,18). The van der Waals surface area contributed by atoms with Crippen LogP contribution in [0.3, 0.4) is 0 Å². The van der Waals surface area contributed by atoms with Crippen molar-refractivity contribution in [3.05, 3.63) is 24.4 Å². The molecule has 1 amide bonds. The van der Waals surface area contributed by atoms with E-state index in [1.165, 1.54) is 0 Å². The van der Waals surface area contributed by atoms with E-state index in [9.17, 15) is 4.79 Å². The highest BCUT2D eigenvalue weighted by Crippen LogP contribution is 2.12. The summed E-state index contributed by atoms with van der Waals surface area (Å²) in [5.41, 5.74) is 0.731. The molecule has 1 atom stereocenters. The molecule has 2 aromatic rings. The van der Waals surface area contributed by atoms with Crippen LogP contribution in [0.25, 0.3) is 5.65 Å². The van der Waals surface area contributed by atoms with Crippen molar-refractivity contribution < 1.29 is 4.79 Å². The predicted octanol–water partition coefficient (Wildman–Crippen LogP) is 2.49. The first kappa shape index (κ1) is 12.5. The van der Waals surface area contributed by atoms with Gasteiger partial charge in [0.25, 0.3) is 0 Å². The molecular formula is C13H18N4O. The van der Waals surface area contributed by atoms with Gasteiger partial charge in [0.15, 0.2) is 5.65 Å². The van der Waals surface area contributed by atoms with Crippen LogP contribution in [-0.2, 0) is 4.79 Å². The zero-order valence-corrected chi connectivity index (χ0v) is 10.8. The van der Waals surface area contributed by atoms with Crippen LogP contribution in [0.15, 0.2) is 24.4 Å². The molecule has 1 unspecified atom stereocenters. The molecule has 0 fully saturated rings. The van der Waals surface area contributed by atoms with E-state index in [1.807, 2.05) is 31.3 Å². The molecule has 0 aliphatic rings. The van der Waals surface area contributed by atoms with Gasteiger partial charge in [-0.2, -0.15) is 0 Å². The molecular weight excluding hydrogens is 228 g/mol. The average molecular weight is 246 g/mol. The van der Waals surface area contributed by atoms with Gasteiger partial charge in [0.1, 0.15) is 0 Å². The van der Waals surface area contributed by atoms with Crippen LogP contribution in [0, 0.1) is 5.92 Å². The van der Waals surface area contributed by atoms with Gasteiger partial charge in [-0.05, 0) is 18.6 Å². The molecule has 2 aromatic heterocycles. The number of hydrogen-bond acceptors (Lipinski definition) is 3. The number of nitrogens with one attached hydrogen (secondary N) is 1. The van der Waals surface area contributed by atoms with Crippen molar-refractivity contribution >= 4 is 17.5 Å². The van der Waals surface area contributed by atoms with Crippen molar-refractivity contribution in [3.8, 4) is 0 Å². The van der Waals surface area contributed by atoms with Gasteiger partial charge in [0.05, 0.1) is 0 Å². The Balaban J connectivity index is 2.07. The van der Waals surface area contributed by atoms with Gasteiger partial charge < -0.3 is 0 Å². The minimum absolute atomic E-state index is 0.000937. The lowest BCUT2D eigenvalue weighted by molar-refractivity contribution is -0.119. The van der Waals surface area contributed by atoms with Crippen molar-refractivity contribution in [2.45, 2.75) is 33.1 Å². The fourth-order valence-electron chi connectivity index (χ4n) is 1.80. The fourth-order valence-corrected chi connectivity index (χ4v) is 1.80.